The zero-order valence-corrected chi connectivity index (χ0v) is 10.9. The van der Waals surface area contributed by atoms with E-state index in [0.717, 1.165) is 6.54 Å². The Labute approximate surface area is 111 Å². The molecule has 8 nitrogen and oxygen atoms in total. The van der Waals surface area contributed by atoms with Gasteiger partial charge in [-0.15, -0.1) is 0 Å². The smallest absolute Gasteiger partial charge is 0.323 e. The zero-order valence-electron chi connectivity index (χ0n) is 10.9. The molecule has 2 aromatic heterocycles. The second kappa shape index (κ2) is 5.98. The third-order valence-corrected chi connectivity index (χ3v) is 2.32. The topological polar surface area (TPSA) is 104 Å². The molecule has 0 aliphatic rings. The van der Waals surface area contributed by atoms with Crippen LogP contribution < -0.4 is 15.8 Å². The molecule has 2 rings (SSSR count). The predicted molar refractivity (Wildman–Crippen MR) is 70.7 cm³/mol. The molecule has 19 heavy (non-hydrogen) atoms. The third-order valence-electron chi connectivity index (χ3n) is 2.32. The lowest BCUT2D eigenvalue weighted by molar-refractivity contribution is 0.312. The van der Waals surface area contributed by atoms with Crippen molar-refractivity contribution in [3.05, 3.63) is 18.7 Å². The normalized spacial score (nSPS) is 12.1. The number of aromatic nitrogens is 5. The number of hydrogen-bond donors (Lipinski definition) is 2. The number of anilines is 2. The SMILES string of the molecule is CCOc1nc(N)nc(NC(C)Cn2ccnc2)n1. The quantitative estimate of drug-likeness (QED) is 0.784. The number of rotatable bonds is 6. The third kappa shape index (κ3) is 3.80. The van der Waals surface area contributed by atoms with E-state index in [0.29, 0.717) is 12.6 Å². The summed E-state index contributed by atoms with van der Waals surface area (Å²) in [6.07, 6.45) is 5.39. The summed E-state index contributed by atoms with van der Waals surface area (Å²) in [7, 11) is 0. The first-order chi connectivity index (χ1) is 9.17. The fourth-order valence-corrected chi connectivity index (χ4v) is 1.61. The zero-order chi connectivity index (χ0) is 13.7. The Kier molecular flexibility index (Phi) is 4.11. The lowest BCUT2D eigenvalue weighted by Crippen LogP contribution is -2.23. The Morgan fingerprint density at radius 2 is 2.26 bits per heavy atom. The van der Waals surface area contributed by atoms with Crippen molar-refractivity contribution in [2.75, 3.05) is 17.7 Å². The molecule has 0 aromatic carbocycles. The van der Waals surface area contributed by atoms with Gasteiger partial charge in [0.2, 0.25) is 11.9 Å². The highest BCUT2D eigenvalue weighted by Crippen LogP contribution is 2.10. The molecule has 0 aliphatic carbocycles. The van der Waals surface area contributed by atoms with E-state index in [1.54, 1.807) is 12.5 Å². The van der Waals surface area contributed by atoms with Crippen molar-refractivity contribution in [1.82, 2.24) is 24.5 Å². The van der Waals surface area contributed by atoms with Crippen LogP contribution >= 0.6 is 0 Å². The number of nitrogen functional groups attached to an aromatic ring is 1. The standard InChI is InChI=1S/C11H17N7O/c1-3-19-11-16-9(12)15-10(17-11)14-8(2)6-18-5-4-13-7-18/h4-5,7-8H,3,6H2,1-2H3,(H3,12,14,15,16,17). The molecule has 2 heterocycles. The van der Waals surface area contributed by atoms with Crippen LogP contribution in [0.5, 0.6) is 6.01 Å². The number of ether oxygens (including phenoxy) is 1. The molecule has 0 fully saturated rings. The molecule has 0 spiro atoms. The Morgan fingerprint density at radius 3 is 2.95 bits per heavy atom. The summed E-state index contributed by atoms with van der Waals surface area (Å²) in [4.78, 5) is 16.0. The van der Waals surface area contributed by atoms with E-state index < -0.39 is 0 Å². The van der Waals surface area contributed by atoms with Crippen LogP contribution in [-0.4, -0.2) is 37.2 Å². The second-order valence-electron chi connectivity index (χ2n) is 4.04. The molecule has 0 aliphatic heterocycles. The van der Waals surface area contributed by atoms with E-state index >= 15 is 0 Å². The maximum absolute atomic E-state index is 5.60. The Balaban J connectivity index is 2.01. The Hall–Kier alpha value is -2.38. The van der Waals surface area contributed by atoms with Crippen LogP contribution in [0.2, 0.25) is 0 Å². The van der Waals surface area contributed by atoms with E-state index in [4.69, 9.17) is 10.5 Å². The van der Waals surface area contributed by atoms with Gasteiger partial charge in [0.25, 0.3) is 0 Å². The number of imidazole rings is 1. The van der Waals surface area contributed by atoms with E-state index in [2.05, 4.69) is 25.3 Å². The number of hydrogen-bond acceptors (Lipinski definition) is 7. The van der Waals surface area contributed by atoms with Gasteiger partial charge in [0, 0.05) is 25.0 Å². The summed E-state index contributed by atoms with van der Waals surface area (Å²) in [5, 5.41) is 3.15. The average molecular weight is 263 g/mol. The van der Waals surface area contributed by atoms with Crippen LogP contribution in [0.3, 0.4) is 0 Å². The first-order valence-electron chi connectivity index (χ1n) is 6.04. The molecule has 0 radical (unpaired) electrons. The van der Waals surface area contributed by atoms with Crippen molar-refractivity contribution >= 4 is 11.9 Å². The fraction of sp³-hybridized carbons (Fsp3) is 0.455. The Bertz CT molecular complexity index is 514. The number of nitrogens with two attached hydrogens (primary N) is 1. The minimum Gasteiger partial charge on any atom is -0.464 e. The van der Waals surface area contributed by atoms with Crippen molar-refractivity contribution in [3.63, 3.8) is 0 Å². The number of nitrogens with zero attached hydrogens (tertiary/aromatic N) is 5. The van der Waals surface area contributed by atoms with Crippen molar-refractivity contribution in [3.8, 4) is 6.01 Å². The maximum atomic E-state index is 5.60. The van der Waals surface area contributed by atoms with Gasteiger partial charge in [-0.2, -0.15) is 15.0 Å². The first kappa shape index (κ1) is 13.1. The summed E-state index contributed by atoms with van der Waals surface area (Å²) in [6, 6.07) is 0.345. The maximum Gasteiger partial charge on any atom is 0.323 e. The molecule has 0 amide bonds. The molecule has 1 unspecified atom stereocenters. The molecule has 0 saturated carbocycles. The lowest BCUT2D eigenvalue weighted by Gasteiger charge is -2.14. The van der Waals surface area contributed by atoms with Gasteiger partial charge in [0.15, 0.2) is 0 Å². The summed E-state index contributed by atoms with van der Waals surface area (Å²) >= 11 is 0. The van der Waals surface area contributed by atoms with Crippen molar-refractivity contribution in [2.45, 2.75) is 26.4 Å². The van der Waals surface area contributed by atoms with Gasteiger partial charge in [-0.3, -0.25) is 0 Å². The van der Waals surface area contributed by atoms with Gasteiger partial charge in [0.05, 0.1) is 12.9 Å². The molecule has 0 saturated heterocycles. The van der Waals surface area contributed by atoms with E-state index in [-0.39, 0.29) is 18.0 Å². The molecular weight excluding hydrogens is 246 g/mol. The van der Waals surface area contributed by atoms with Crippen LogP contribution in [0.4, 0.5) is 11.9 Å². The molecule has 8 heteroatoms. The van der Waals surface area contributed by atoms with Gasteiger partial charge >= 0.3 is 6.01 Å². The summed E-state index contributed by atoms with van der Waals surface area (Å²) in [5.41, 5.74) is 5.60. The monoisotopic (exact) mass is 263 g/mol. The van der Waals surface area contributed by atoms with E-state index in [9.17, 15) is 0 Å². The highest BCUT2D eigenvalue weighted by Gasteiger charge is 2.08. The number of nitrogens with one attached hydrogen (secondary N) is 1. The summed E-state index contributed by atoms with van der Waals surface area (Å²) in [5.74, 6) is 0.541. The second-order valence-corrected chi connectivity index (χ2v) is 4.04. The van der Waals surface area contributed by atoms with Gasteiger partial charge < -0.3 is 20.4 Å². The van der Waals surface area contributed by atoms with Crippen LogP contribution in [0.15, 0.2) is 18.7 Å². The van der Waals surface area contributed by atoms with Crippen molar-refractivity contribution in [2.24, 2.45) is 0 Å². The minimum atomic E-state index is 0.116. The molecule has 1 atom stereocenters. The van der Waals surface area contributed by atoms with E-state index in [1.807, 2.05) is 24.6 Å². The molecule has 3 N–H and O–H groups in total. The minimum absolute atomic E-state index is 0.116. The summed E-state index contributed by atoms with van der Waals surface area (Å²) < 4.78 is 7.18. The van der Waals surface area contributed by atoms with Gasteiger partial charge in [-0.25, -0.2) is 4.98 Å². The van der Waals surface area contributed by atoms with E-state index in [1.165, 1.54) is 0 Å². The van der Waals surface area contributed by atoms with Gasteiger partial charge in [0.1, 0.15) is 0 Å². The molecule has 2 aromatic rings. The predicted octanol–water partition coefficient (Wildman–Crippen LogP) is 0.550. The van der Waals surface area contributed by atoms with Crippen LogP contribution in [0.1, 0.15) is 13.8 Å². The van der Waals surface area contributed by atoms with Gasteiger partial charge in [-0.05, 0) is 13.8 Å². The highest BCUT2D eigenvalue weighted by molar-refractivity contribution is 5.33. The summed E-state index contributed by atoms with van der Waals surface area (Å²) in [6.45, 7) is 5.10. The van der Waals surface area contributed by atoms with Crippen LogP contribution in [0, 0.1) is 0 Å². The van der Waals surface area contributed by atoms with Gasteiger partial charge in [-0.1, -0.05) is 0 Å². The average Bonchev–Trinajstić information content (AvgIpc) is 2.81. The van der Waals surface area contributed by atoms with Crippen LogP contribution in [0.25, 0.3) is 0 Å². The largest absolute Gasteiger partial charge is 0.464 e. The lowest BCUT2D eigenvalue weighted by atomic mass is 10.3. The van der Waals surface area contributed by atoms with Crippen LogP contribution in [-0.2, 0) is 6.54 Å². The molecular formula is C11H17N7O. The highest BCUT2D eigenvalue weighted by atomic mass is 16.5. The first-order valence-corrected chi connectivity index (χ1v) is 6.04. The van der Waals surface area contributed by atoms with Crippen molar-refractivity contribution in [1.29, 1.82) is 0 Å². The molecule has 0 bridgehead atoms. The van der Waals surface area contributed by atoms with Crippen molar-refractivity contribution < 1.29 is 4.74 Å². The molecule has 102 valence electrons. The Morgan fingerprint density at radius 1 is 1.42 bits per heavy atom. The fourth-order valence-electron chi connectivity index (χ4n) is 1.61.